The van der Waals surface area contributed by atoms with Crippen LogP contribution in [0, 0.1) is 53.3 Å². The lowest BCUT2D eigenvalue weighted by molar-refractivity contribution is -0.142. The highest BCUT2D eigenvalue weighted by atomic mass is 35.5. The van der Waals surface area contributed by atoms with Crippen molar-refractivity contribution in [2.45, 2.75) is 213 Å². The average Bonchev–Trinajstić information content (AvgIpc) is 3.97. The Kier molecular flexibility index (Phi) is 34.3. The predicted molar refractivity (Wildman–Crippen MR) is 310 cm³/mol. The van der Waals surface area contributed by atoms with E-state index >= 15 is 0 Å². The Morgan fingerprint density at radius 2 is 0.949 bits per heavy atom. The molecule has 0 heterocycles. The minimum Gasteiger partial charge on any atom is -0.481 e. The van der Waals surface area contributed by atoms with Crippen molar-refractivity contribution >= 4 is 64.5 Å². The fraction of sp³-hybridized carbons (Fsp3) is 0.817. The van der Waals surface area contributed by atoms with Crippen molar-refractivity contribution in [3.63, 3.8) is 0 Å². The molecule has 15 atom stereocenters. The fourth-order valence-corrected chi connectivity index (χ4v) is 15.1. The Balaban J connectivity index is 0.000000252. The van der Waals surface area contributed by atoms with Gasteiger partial charge in [0.25, 0.3) is 0 Å². The quantitative estimate of drug-likeness (QED) is 0.0192. The van der Waals surface area contributed by atoms with Crippen LogP contribution in [0.2, 0.25) is 0 Å². The van der Waals surface area contributed by atoms with Crippen molar-refractivity contribution in [3.05, 3.63) is 48.6 Å². The number of hydrogen-bond donors (Lipinski definition) is 9. The maximum atomic E-state index is 10.5. The molecule has 0 aromatic carbocycles. The summed E-state index contributed by atoms with van der Waals surface area (Å²) >= 11 is 20.8. The summed E-state index contributed by atoms with van der Waals surface area (Å²) in [5.41, 5.74) is 0. The van der Waals surface area contributed by atoms with Crippen LogP contribution in [0.3, 0.4) is 0 Å². The highest BCUT2D eigenvalue weighted by molar-refractivity contribution is 7.99. The molecule has 6 saturated carbocycles. The molecule has 14 nitrogen and oxygen atoms in total. The van der Waals surface area contributed by atoms with Crippen LogP contribution in [0.4, 0.5) is 0 Å². The highest BCUT2D eigenvalue weighted by Gasteiger charge is 2.42. The molecule has 6 rings (SSSR count). The first kappa shape index (κ1) is 68.8. The number of unbranched alkanes of at least 4 members (excludes halogenated alkanes) is 1. The van der Waals surface area contributed by atoms with Crippen LogP contribution in [0.1, 0.15) is 161 Å². The maximum Gasteiger partial charge on any atom is 0.329 e. The van der Waals surface area contributed by atoms with E-state index in [1.165, 1.54) is 69.5 Å². The van der Waals surface area contributed by atoms with Gasteiger partial charge in [-0.3, -0.25) is 4.79 Å². The van der Waals surface area contributed by atoms with Crippen molar-refractivity contribution in [3.8, 4) is 0 Å². The molecule has 0 bridgehead atoms. The van der Waals surface area contributed by atoms with Crippen molar-refractivity contribution in [1.29, 1.82) is 0 Å². The molecule has 18 heteroatoms. The Morgan fingerprint density at radius 3 is 1.44 bits per heavy atom. The lowest BCUT2D eigenvalue weighted by atomic mass is 9.81. The van der Waals surface area contributed by atoms with Gasteiger partial charge in [0.15, 0.2) is 0 Å². The lowest BCUT2D eigenvalue weighted by Gasteiger charge is -2.29. The number of alkyl halides is 3. The molecule has 0 radical (unpaired) electrons. The lowest BCUT2D eigenvalue weighted by Crippen LogP contribution is -2.26. The van der Waals surface area contributed by atoms with Gasteiger partial charge in [-0.1, -0.05) is 113 Å². The number of hydrogen-bond acceptors (Lipinski definition) is 12. The van der Waals surface area contributed by atoms with Gasteiger partial charge in [0.1, 0.15) is 13.2 Å². The summed E-state index contributed by atoms with van der Waals surface area (Å²) in [7, 11) is 0. The first-order valence-corrected chi connectivity index (χ1v) is 32.0. The number of carboxylic acid groups (broad SMARTS) is 3. The Morgan fingerprint density at radius 1 is 0.513 bits per heavy atom. The number of halogens is 3. The number of allylic oxidation sites excluding steroid dienone is 2. The zero-order chi connectivity index (χ0) is 56.8. The number of aliphatic hydroxyl groups excluding tert-OH is 6. The van der Waals surface area contributed by atoms with Crippen LogP contribution >= 0.6 is 46.6 Å². The van der Waals surface area contributed by atoms with Gasteiger partial charge in [0.05, 0.1) is 55.6 Å². The molecule has 0 spiro atoms. The average molecular weight is 1180 g/mol. The van der Waals surface area contributed by atoms with E-state index in [0.29, 0.717) is 43.4 Å². The molecule has 6 aliphatic carbocycles. The summed E-state index contributed by atoms with van der Waals surface area (Å²) in [6.07, 6.45) is 37.9. The van der Waals surface area contributed by atoms with Crippen molar-refractivity contribution < 1.29 is 69.8 Å². The van der Waals surface area contributed by atoms with E-state index < -0.39 is 48.4 Å². The zero-order valence-electron chi connectivity index (χ0n) is 46.0. The van der Waals surface area contributed by atoms with E-state index in [1.807, 2.05) is 42.5 Å². The van der Waals surface area contributed by atoms with Gasteiger partial charge in [-0.15, -0.1) is 34.8 Å². The van der Waals surface area contributed by atoms with Gasteiger partial charge in [-0.25, -0.2) is 9.59 Å². The number of aliphatic hydroxyl groups is 6. The minimum absolute atomic E-state index is 0.0161. The van der Waals surface area contributed by atoms with Gasteiger partial charge < -0.3 is 55.4 Å². The molecule has 78 heavy (non-hydrogen) atoms. The summed E-state index contributed by atoms with van der Waals surface area (Å²) in [4.78, 5) is 31.3. The van der Waals surface area contributed by atoms with Gasteiger partial charge in [0, 0.05) is 28.0 Å². The maximum absolute atomic E-state index is 10.5. The Labute approximate surface area is 484 Å². The summed E-state index contributed by atoms with van der Waals surface area (Å²) in [6.45, 7) is -0.101. The number of carboxylic acids is 3. The monoisotopic (exact) mass is 1180 g/mol. The van der Waals surface area contributed by atoms with Gasteiger partial charge >= 0.3 is 17.9 Å². The van der Waals surface area contributed by atoms with Crippen LogP contribution in [0.25, 0.3) is 0 Å². The first-order chi connectivity index (χ1) is 37.5. The van der Waals surface area contributed by atoms with Crippen LogP contribution < -0.4 is 0 Å². The molecule has 0 aromatic heterocycles. The number of carbonyl (C=O) groups is 3. The molecular formula is C60H97Cl3O14S. The Hall–Kier alpha value is -1.73. The van der Waals surface area contributed by atoms with E-state index in [4.69, 9.17) is 59.6 Å². The second-order valence-electron chi connectivity index (χ2n) is 23.0. The molecule has 448 valence electrons. The summed E-state index contributed by atoms with van der Waals surface area (Å²) in [5, 5.41) is 87.9. The standard InChI is InChI=1S/C20H33ClO5.C20H31ClO5.C20H33ClO4S/c3*21-17-12-19(23)16(9-10-18(22)14-6-2-1-3-7-14)15(17)8-4-5-11-26-13-20(24)25/h4-5,14-19,22-23H,1-3,6-13H2,(H,24,25);4-5,9-10,14-19,22-23H,1-3,6-8,11-13H2,(H,24,25);9-10,14-19,22-23H,1-8,11-13H2,(H,24,25)/b5-4-;5-4-,10-9+;10-9+/t3*15-,16-,17-,18-,19-/m111/s1. The van der Waals surface area contributed by atoms with E-state index in [-0.39, 0.29) is 89.9 Å². The summed E-state index contributed by atoms with van der Waals surface area (Å²) in [5.74, 6) is -0.0673. The van der Waals surface area contributed by atoms with Crippen molar-refractivity contribution in [2.75, 3.05) is 37.9 Å². The topological polar surface area (TPSA) is 252 Å². The molecule has 0 amide bonds. The van der Waals surface area contributed by atoms with Crippen LogP contribution in [0.5, 0.6) is 0 Å². The van der Waals surface area contributed by atoms with Crippen LogP contribution in [-0.2, 0) is 23.9 Å². The fourth-order valence-electron chi connectivity index (χ4n) is 12.9. The second kappa shape index (κ2) is 38.9. The van der Waals surface area contributed by atoms with E-state index in [1.54, 1.807) is 6.08 Å². The van der Waals surface area contributed by atoms with Crippen molar-refractivity contribution in [1.82, 2.24) is 0 Å². The largest absolute Gasteiger partial charge is 0.481 e. The minimum atomic E-state index is -0.986. The molecule has 6 aliphatic rings. The van der Waals surface area contributed by atoms with Crippen molar-refractivity contribution in [2.24, 2.45) is 53.3 Å². The smallest absolute Gasteiger partial charge is 0.329 e. The predicted octanol–water partition coefficient (Wildman–Crippen LogP) is 10.6. The Bertz CT molecular complexity index is 1790. The second-order valence-corrected chi connectivity index (χ2v) is 25.8. The van der Waals surface area contributed by atoms with Gasteiger partial charge in [-0.05, 0) is 143 Å². The van der Waals surface area contributed by atoms with E-state index in [9.17, 15) is 45.0 Å². The van der Waals surface area contributed by atoms with E-state index in [0.717, 1.165) is 82.8 Å². The summed E-state index contributed by atoms with van der Waals surface area (Å²) in [6, 6.07) is 0. The van der Waals surface area contributed by atoms with Crippen LogP contribution in [-0.4, -0.2) is 155 Å². The molecule has 0 aromatic rings. The first-order valence-electron chi connectivity index (χ1n) is 29.5. The third-order valence-electron chi connectivity index (χ3n) is 17.4. The summed E-state index contributed by atoms with van der Waals surface area (Å²) < 4.78 is 9.94. The third-order valence-corrected chi connectivity index (χ3v) is 19.9. The van der Waals surface area contributed by atoms with E-state index in [2.05, 4.69) is 0 Å². The SMILES string of the molecule is O=C(O)COC/C=C\C[C@@H]1[C@@H](/C=C/[C@@H](O)C2CCCCC2)[C@H](O)C[C@H]1Cl.O=C(O)COC/C=C\C[C@@H]1[C@@H](CC[C@@H](O)C2CCCCC2)[C@H](O)C[C@H]1Cl.O=C(O)CSCCCC[C@@H]1[C@@H](/C=C/[C@@H](O)C2CCCCC2)[C@H](O)C[C@H]1Cl. The normalized spacial score (nSPS) is 31.6. The van der Waals surface area contributed by atoms with Gasteiger partial charge in [0.2, 0.25) is 0 Å². The zero-order valence-corrected chi connectivity index (χ0v) is 49.1. The molecule has 0 unspecified atom stereocenters. The molecular weight excluding hydrogens is 1080 g/mol. The third kappa shape index (κ3) is 25.8. The highest BCUT2D eigenvalue weighted by Crippen LogP contribution is 2.44. The number of ether oxygens (including phenoxy) is 2. The molecule has 9 N–H and O–H groups in total. The molecule has 0 aliphatic heterocycles. The molecule has 6 fully saturated rings. The van der Waals surface area contributed by atoms with Crippen LogP contribution in [0.15, 0.2) is 48.6 Å². The number of thioether (sulfide) groups is 1. The number of rotatable bonds is 29. The van der Waals surface area contributed by atoms with Gasteiger partial charge in [-0.2, -0.15) is 11.8 Å². The molecule has 0 saturated heterocycles. The number of aliphatic carboxylic acids is 3.